The van der Waals surface area contributed by atoms with Crippen LogP contribution in [-0.4, -0.2) is 0 Å². The average Bonchev–Trinajstić information content (AvgIpc) is 3.67. The van der Waals surface area contributed by atoms with Crippen molar-refractivity contribution in [1.29, 1.82) is 0 Å². The predicted molar refractivity (Wildman–Crippen MR) is 238 cm³/mol. The number of anilines is 6. The maximum Gasteiger partial charge on any atom is 0.0543 e. The van der Waals surface area contributed by atoms with Gasteiger partial charge in [-0.05, 0) is 161 Å². The molecule has 0 radical (unpaired) electrons. The van der Waals surface area contributed by atoms with Crippen molar-refractivity contribution in [2.75, 3.05) is 9.80 Å². The number of hydrogen-bond acceptors (Lipinski definition) is 2. The number of hydrogen-bond donors (Lipinski definition) is 0. The Hall–Kier alpha value is -6.38. The summed E-state index contributed by atoms with van der Waals surface area (Å²) in [6.45, 7) is 13.7. The first kappa shape index (κ1) is 34.1. The van der Waals surface area contributed by atoms with E-state index in [0.29, 0.717) is 0 Å². The van der Waals surface area contributed by atoms with E-state index in [9.17, 15) is 0 Å². The largest absolute Gasteiger partial charge is 0.310 e. The Morgan fingerprint density at radius 2 is 0.875 bits per heavy atom. The maximum absolute atomic E-state index is 2.54. The molecule has 2 aliphatic carbocycles. The molecule has 0 spiro atoms. The van der Waals surface area contributed by atoms with Gasteiger partial charge in [-0.15, -0.1) is 0 Å². The molecule has 2 nitrogen and oxygen atoms in total. The molecule has 0 amide bonds. The SMILES string of the molecule is Cc1ccccc1N(c1ccc2c(c1)C(C)(C)c1cc3c(cc1-2)Cc1cc(N(c2ccccc2C)c2ccccc2C)c2ccccc2c1-3)c1ccccc1C. The lowest BCUT2D eigenvalue weighted by molar-refractivity contribution is 0.660. The third kappa shape index (κ3) is 5.16. The van der Waals surface area contributed by atoms with Gasteiger partial charge in [0.2, 0.25) is 0 Å². The standard InChI is InChI=1S/C54H46N2/c1-34-17-7-13-23-48(34)55(49-24-14-8-18-35(49)2)40-27-28-41-45-30-38-29-39-31-52(56(50-25-15-9-19-36(50)3)51-26-16-10-20-37(51)4)42-21-11-12-22-43(42)53(39)44(38)33-47(45)54(5,6)46(41)32-40/h7-28,30-33H,29H2,1-6H3. The Morgan fingerprint density at radius 3 is 1.43 bits per heavy atom. The third-order valence-corrected chi connectivity index (χ3v) is 12.6. The zero-order valence-electron chi connectivity index (χ0n) is 33.1. The van der Waals surface area contributed by atoms with E-state index < -0.39 is 0 Å². The Morgan fingerprint density at radius 1 is 0.393 bits per heavy atom. The second-order valence-corrected chi connectivity index (χ2v) is 16.4. The van der Waals surface area contributed by atoms with Crippen LogP contribution in [0.1, 0.15) is 58.4 Å². The zero-order valence-corrected chi connectivity index (χ0v) is 33.1. The van der Waals surface area contributed by atoms with Crippen molar-refractivity contribution in [2.45, 2.75) is 53.4 Å². The van der Waals surface area contributed by atoms with Gasteiger partial charge >= 0.3 is 0 Å². The molecule has 0 aromatic heterocycles. The first-order chi connectivity index (χ1) is 27.2. The van der Waals surface area contributed by atoms with Gasteiger partial charge in [0.25, 0.3) is 0 Å². The normalized spacial score (nSPS) is 13.2. The Kier molecular flexibility index (Phi) is 7.83. The Balaban J connectivity index is 1.12. The second-order valence-electron chi connectivity index (χ2n) is 16.4. The van der Waals surface area contributed by atoms with Crippen molar-refractivity contribution in [3.63, 3.8) is 0 Å². The summed E-state index contributed by atoms with van der Waals surface area (Å²) in [6, 6.07) is 58.8. The van der Waals surface area contributed by atoms with Crippen LogP contribution >= 0.6 is 0 Å². The molecular weight excluding hydrogens is 677 g/mol. The van der Waals surface area contributed by atoms with Gasteiger partial charge in [0.05, 0.1) is 5.69 Å². The van der Waals surface area contributed by atoms with Crippen LogP contribution in [0.5, 0.6) is 0 Å². The molecule has 0 bridgehead atoms. The van der Waals surface area contributed by atoms with Gasteiger partial charge in [-0.25, -0.2) is 0 Å². The van der Waals surface area contributed by atoms with Crippen LogP contribution in [-0.2, 0) is 11.8 Å². The van der Waals surface area contributed by atoms with E-state index in [0.717, 1.165) is 6.42 Å². The van der Waals surface area contributed by atoms with Crippen molar-refractivity contribution in [2.24, 2.45) is 0 Å². The van der Waals surface area contributed by atoms with Crippen LogP contribution in [0.25, 0.3) is 33.0 Å². The number of benzene rings is 8. The van der Waals surface area contributed by atoms with Crippen LogP contribution in [0.4, 0.5) is 34.1 Å². The predicted octanol–water partition coefficient (Wildman–Crippen LogP) is 14.9. The minimum absolute atomic E-state index is 0.177. The van der Waals surface area contributed by atoms with Crippen LogP contribution in [0, 0.1) is 27.7 Å². The van der Waals surface area contributed by atoms with E-state index in [4.69, 9.17) is 0 Å². The fraction of sp³-hybridized carbons (Fsp3) is 0.148. The lowest BCUT2D eigenvalue weighted by atomic mass is 9.81. The van der Waals surface area contributed by atoms with Gasteiger partial charge < -0.3 is 9.80 Å². The topological polar surface area (TPSA) is 6.48 Å². The van der Waals surface area contributed by atoms with Crippen LogP contribution < -0.4 is 9.80 Å². The zero-order chi connectivity index (χ0) is 38.3. The van der Waals surface area contributed by atoms with E-state index in [1.54, 1.807) is 0 Å². The lowest BCUT2D eigenvalue weighted by Crippen LogP contribution is -2.17. The van der Waals surface area contributed by atoms with Crippen LogP contribution in [0.3, 0.4) is 0 Å². The van der Waals surface area contributed by atoms with Crippen molar-refractivity contribution >= 4 is 44.9 Å². The highest BCUT2D eigenvalue weighted by molar-refractivity contribution is 6.10. The highest BCUT2D eigenvalue weighted by atomic mass is 15.2. The lowest BCUT2D eigenvalue weighted by Gasteiger charge is -2.30. The summed E-state index contributed by atoms with van der Waals surface area (Å²) >= 11 is 0. The molecular formula is C54H46N2. The maximum atomic E-state index is 2.54. The van der Waals surface area contributed by atoms with Crippen LogP contribution in [0.15, 0.2) is 158 Å². The van der Waals surface area contributed by atoms with E-state index in [1.807, 2.05) is 0 Å². The van der Waals surface area contributed by atoms with Gasteiger partial charge in [0, 0.05) is 39.2 Å². The van der Waals surface area contributed by atoms with Crippen molar-refractivity contribution in [3.05, 3.63) is 202 Å². The minimum Gasteiger partial charge on any atom is -0.310 e. The summed E-state index contributed by atoms with van der Waals surface area (Å²) in [5, 5.41) is 2.58. The van der Waals surface area contributed by atoms with Gasteiger partial charge in [0.1, 0.15) is 0 Å². The third-order valence-electron chi connectivity index (χ3n) is 12.6. The Bertz CT molecular complexity index is 2780. The molecule has 272 valence electrons. The first-order valence-corrected chi connectivity index (χ1v) is 19.9. The monoisotopic (exact) mass is 722 g/mol. The fourth-order valence-electron chi connectivity index (χ4n) is 9.65. The molecule has 10 rings (SSSR count). The van der Waals surface area contributed by atoms with Gasteiger partial charge in [-0.3, -0.25) is 0 Å². The van der Waals surface area contributed by atoms with E-state index in [1.165, 1.54) is 112 Å². The molecule has 0 aliphatic heterocycles. The van der Waals surface area contributed by atoms with E-state index in [2.05, 4.69) is 209 Å². The minimum atomic E-state index is -0.177. The van der Waals surface area contributed by atoms with Crippen molar-refractivity contribution in [3.8, 4) is 22.3 Å². The van der Waals surface area contributed by atoms with Crippen LogP contribution in [0.2, 0.25) is 0 Å². The molecule has 56 heavy (non-hydrogen) atoms. The molecule has 8 aromatic rings. The molecule has 0 N–H and O–H groups in total. The number of fused-ring (bicyclic) bond motifs is 8. The summed E-state index contributed by atoms with van der Waals surface area (Å²) in [6.07, 6.45) is 0.910. The van der Waals surface area contributed by atoms with E-state index >= 15 is 0 Å². The smallest absolute Gasteiger partial charge is 0.0543 e. The molecule has 0 saturated carbocycles. The highest BCUT2D eigenvalue weighted by Gasteiger charge is 2.38. The van der Waals surface area contributed by atoms with Gasteiger partial charge in [-0.1, -0.05) is 117 Å². The van der Waals surface area contributed by atoms with Gasteiger partial charge in [-0.2, -0.15) is 0 Å². The molecule has 0 heterocycles. The summed E-state index contributed by atoms with van der Waals surface area (Å²) < 4.78 is 0. The van der Waals surface area contributed by atoms with Crippen molar-refractivity contribution in [1.82, 2.24) is 0 Å². The summed E-state index contributed by atoms with van der Waals surface area (Å²) in [7, 11) is 0. The molecule has 0 saturated heterocycles. The molecule has 8 aromatic carbocycles. The molecule has 0 atom stereocenters. The Labute approximate surface area is 331 Å². The summed E-state index contributed by atoms with van der Waals surface area (Å²) in [5.74, 6) is 0. The van der Waals surface area contributed by atoms with Gasteiger partial charge in [0.15, 0.2) is 0 Å². The van der Waals surface area contributed by atoms with Crippen molar-refractivity contribution < 1.29 is 0 Å². The second kappa shape index (κ2) is 12.9. The fourth-order valence-corrected chi connectivity index (χ4v) is 9.65. The summed E-state index contributed by atoms with van der Waals surface area (Å²) in [4.78, 5) is 4.94. The number of nitrogens with zero attached hydrogens (tertiary/aromatic N) is 2. The number of aryl methyl sites for hydroxylation is 4. The first-order valence-electron chi connectivity index (χ1n) is 19.9. The molecule has 2 heteroatoms. The average molecular weight is 723 g/mol. The molecule has 0 unspecified atom stereocenters. The van der Waals surface area contributed by atoms with E-state index in [-0.39, 0.29) is 5.41 Å². The highest BCUT2D eigenvalue weighted by Crippen LogP contribution is 2.56. The quantitative estimate of drug-likeness (QED) is 0.169. The molecule has 0 fully saturated rings. The molecule has 2 aliphatic rings. The number of para-hydroxylation sites is 4. The number of rotatable bonds is 6. The summed E-state index contributed by atoms with van der Waals surface area (Å²) in [5.41, 5.74) is 23.2.